The Balaban J connectivity index is 1.53. The van der Waals surface area contributed by atoms with Crippen LogP contribution >= 0.6 is 0 Å². The first-order chi connectivity index (χ1) is 13.7. The van der Waals surface area contributed by atoms with Gasteiger partial charge in [0, 0.05) is 12.6 Å². The Hall–Kier alpha value is -2.33. The zero-order chi connectivity index (χ0) is 19.1. The van der Waals surface area contributed by atoms with Crippen LogP contribution in [0.25, 0.3) is 11.0 Å². The molecule has 0 unspecified atom stereocenters. The Morgan fingerprint density at radius 1 is 0.929 bits per heavy atom. The molecule has 5 rings (SSSR count). The smallest absolute Gasteiger partial charge is 0.209 e. The number of imidazole rings is 1. The molecule has 2 heterocycles. The lowest BCUT2D eigenvalue weighted by Gasteiger charge is -2.46. The summed E-state index contributed by atoms with van der Waals surface area (Å²) in [5, 5.41) is 0. The highest BCUT2D eigenvalue weighted by molar-refractivity contribution is 5.79. The first kappa shape index (κ1) is 17.7. The van der Waals surface area contributed by atoms with Crippen molar-refractivity contribution < 1.29 is 0 Å². The number of fused-ring (bicyclic) bond motifs is 3. The zero-order valence-electron chi connectivity index (χ0n) is 17.0. The van der Waals surface area contributed by atoms with Crippen LogP contribution in [0.3, 0.4) is 0 Å². The second-order valence-electron chi connectivity index (χ2n) is 8.72. The molecule has 1 aliphatic carbocycles. The van der Waals surface area contributed by atoms with E-state index in [4.69, 9.17) is 4.98 Å². The number of hydrogen-bond donors (Lipinski definition) is 0. The van der Waals surface area contributed by atoms with Gasteiger partial charge in [-0.05, 0) is 36.0 Å². The van der Waals surface area contributed by atoms with E-state index in [1.165, 1.54) is 30.3 Å². The van der Waals surface area contributed by atoms with Gasteiger partial charge in [0.1, 0.15) is 0 Å². The lowest BCUT2D eigenvalue weighted by atomic mass is 9.77. The second-order valence-corrected chi connectivity index (χ2v) is 8.72. The van der Waals surface area contributed by atoms with Crippen molar-refractivity contribution in [1.29, 1.82) is 0 Å². The Morgan fingerprint density at radius 2 is 1.71 bits per heavy atom. The largest absolute Gasteiger partial charge is 0.325 e. The van der Waals surface area contributed by atoms with E-state index in [2.05, 4.69) is 82.8 Å². The molecule has 1 aromatic heterocycles. The molecule has 0 spiro atoms. The first-order valence-corrected chi connectivity index (χ1v) is 10.7. The molecule has 1 saturated carbocycles. The summed E-state index contributed by atoms with van der Waals surface area (Å²) in [6.07, 6.45) is 4.04. The predicted molar refractivity (Wildman–Crippen MR) is 115 cm³/mol. The Morgan fingerprint density at radius 3 is 2.57 bits per heavy atom. The summed E-state index contributed by atoms with van der Waals surface area (Å²) in [4.78, 5) is 10.2. The number of aromatic nitrogens is 2. The van der Waals surface area contributed by atoms with Gasteiger partial charge in [-0.2, -0.15) is 0 Å². The average Bonchev–Trinajstić information content (AvgIpc) is 3.10. The van der Waals surface area contributed by atoms with Crippen LogP contribution < -0.4 is 4.90 Å². The number of rotatable bonds is 3. The summed E-state index contributed by atoms with van der Waals surface area (Å²) >= 11 is 0. The van der Waals surface area contributed by atoms with E-state index in [0.29, 0.717) is 6.04 Å². The summed E-state index contributed by atoms with van der Waals surface area (Å²) in [6.45, 7) is 7.69. The first-order valence-electron chi connectivity index (χ1n) is 10.7. The van der Waals surface area contributed by atoms with Gasteiger partial charge in [0.05, 0.1) is 24.4 Å². The molecule has 4 heteroatoms. The molecule has 1 fully saturated rings. The Labute approximate surface area is 167 Å². The minimum absolute atomic E-state index is 0.649. The number of anilines is 1. The van der Waals surface area contributed by atoms with E-state index in [0.717, 1.165) is 43.2 Å². The monoisotopic (exact) mass is 374 g/mol. The van der Waals surface area contributed by atoms with Crippen LogP contribution in [0, 0.1) is 11.8 Å². The predicted octanol–water partition coefficient (Wildman–Crippen LogP) is 5.10. The van der Waals surface area contributed by atoms with Gasteiger partial charge in [-0.1, -0.05) is 69.2 Å². The third-order valence-corrected chi connectivity index (χ3v) is 6.94. The van der Waals surface area contributed by atoms with Crippen LogP contribution in [0.5, 0.6) is 0 Å². The zero-order valence-corrected chi connectivity index (χ0v) is 17.0. The summed E-state index contributed by atoms with van der Waals surface area (Å²) in [7, 11) is 0. The van der Waals surface area contributed by atoms with Gasteiger partial charge >= 0.3 is 0 Å². The van der Waals surface area contributed by atoms with Gasteiger partial charge in [0.15, 0.2) is 0 Å². The van der Waals surface area contributed by atoms with Crippen LogP contribution in [0.2, 0.25) is 0 Å². The number of para-hydroxylation sites is 2. The summed E-state index contributed by atoms with van der Waals surface area (Å²) in [5.74, 6) is 2.66. The number of benzene rings is 2. The third kappa shape index (κ3) is 3.10. The normalized spacial score (nSPS) is 25.8. The topological polar surface area (TPSA) is 24.3 Å². The van der Waals surface area contributed by atoms with Gasteiger partial charge in [-0.25, -0.2) is 4.98 Å². The Kier molecular flexibility index (Phi) is 4.59. The minimum atomic E-state index is 0.649. The molecule has 2 aromatic carbocycles. The van der Waals surface area contributed by atoms with E-state index in [9.17, 15) is 0 Å². The molecule has 146 valence electrons. The molecule has 0 N–H and O–H groups in total. The maximum absolute atomic E-state index is 5.01. The quantitative estimate of drug-likeness (QED) is 0.637. The fraction of sp³-hybridized carbons (Fsp3) is 0.458. The van der Waals surface area contributed by atoms with Crippen molar-refractivity contribution >= 4 is 17.0 Å². The van der Waals surface area contributed by atoms with Crippen LogP contribution in [0.4, 0.5) is 5.95 Å². The van der Waals surface area contributed by atoms with Crippen LogP contribution in [-0.4, -0.2) is 27.2 Å². The molecule has 0 saturated heterocycles. The number of nitrogens with zero attached hydrogens (tertiary/aromatic N) is 4. The summed E-state index contributed by atoms with van der Waals surface area (Å²) in [5.41, 5.74) is 3.69. The molecule has 3 aromatic rings. The van der Waals surface area contributed by atoms with Gasteiger partial charge < -0.3 is 4.90 Å². The van der Waals surface area contributed by atoms with Crippen molar-refractivity contribution in [3.05, 3.63) is 60.2 Å². The average molecular weight is 375 g/mol. The molecule has 3 atom stereocenters. The van der Waals surface area contributed by atoms with Gasteiger partial charge in [0.25, 0.3) is 0 Å². The van der Waals surface area contributed by atoms with Crippen molar-refractivity contribution in [3.63, 3.8) is 0 Å². The van der Waals surface area contributed by atoms with E-state index < -0.39 is 0 Å². The van der Waals surface area contributed by atoms with Crippen LogP contribution in [-0.2, 0) is 13.2 Å². The molecule has 2 aliphatic rings. The van der Waals surface area contributed by atoms with Gasteiger partial charge in [-0.3, -0.25) is 9.47 Å². The van der Waals surface area contributed by atoms with Crippen molar-refractivity contribution in [1.82, 2.24) is 14.5 Å². The van der Waals surface area contributed by atoms with Crippen LogP contribution in [0.1, 0.15) is 38.7 Å². The van der Waals surface area contributed by atoms with E-state index in [-0.39, 0.29) is 0 Å². The summed E-state index contributed by atoms with van der Waals surface area (Å²) < 4.78 is 2.42. The maximum Gasteiger partial charge on any atom is 0.209 e. The lowest BCUT2D eigenvalue weighted by molar-refractivity contribution is 0.0489. The van der Waals surface area contributed by atoms with Crippen molar-refractivity contribution in [3.8, 4) is 0 Å². The highest BCUT2D eigenvalue weighted by atomic mass is 15.5. The molecule has 4 nitrogen and oxygen atoms in total. The minimum Gasteiger partial charge on any atom is -0.325 e. The molecular formula is C24H30N4. The van der Waals surface area contributed by atoms with Crippen molar-refractivity contribution in [2.75, 3.05) is 11.6 Å². The standard InChI is InChI=1S/C24H30N4/c1-18-9-8-14-22(19(18)2)27-16-26(15-20-10-4-3-5-11-20)24-25-21-12-6-7-13-23(21)28(24)17-27/h3-7,10-13,18-19,22H,8-9,14-17H2,1-2H3/t18-,19+,22+/m1/s1. The van der Waals surface area contributed by atoms with Gasteiger partial charge in [0.2, 0.25) is 5.95 Å². The molecule has 0 bridgehead atoms. The summed E-state index contributed by atoms with van der Waals surface area (Å²) in [6, 6.07) is 20.0. The highest BCUT2D eigenvalue weighted by Gasteiger charge is 2.36. The number of hydrogen-bond acceptors (Lipinski definition) is 3. The fourth-order valence-corrected chi connectivity index (χ4v) is 5.16. The van der Waals surface area contributed by atoms with E-state index >= 15 is 0 Å². The maximum atomic E-state index is 5.01. The third-order valence-electron chi connectivity index (χ3n) is 6.94. The molecule has 0 amide bonds. The molecule has 0 radical (unpaired) electrons. The second kappa shape index (κ2) is 7.25. The highest BCUT2D eigenvalue weighted by Crippen LogP contribution is 2.36. The molecular weight excluding hydrogens is 344 g/mol. The van der Waals surface area contributed by atoms with Gasteiger partial charge in [-0.15, -0.1) is 0 Å². The fourth-order valence-electron chi connectivity index (χ4n) is 5.16. The Bertz CT molecular complexity index is 948. The molecule has 1 aliphatic heterocycles. The van der Waals surface area contributed by atoms with Crippen LogP contribution in [0.15, 0.2) is 54.6 Å². The van der Waals surface area contributed by atoms with E-state index in [1.807, 2.05) is 0 Å². The van der Waals surface area contributed by atoms with Crippen molar-refractivity contribution in [2.45, 2.75) is 52.4 Å². The lowest BCUT2D eigenvalue weighted by Crippen LogP contribution is -2.52. The SMILES string of the molecule is C[C@H]1[C@H](C)CCC[C@@H]1N1CN(Cc2ccccc2)c2nc3ccccc3n2C1. The molecule has 28 heavy (non-hydrogen) atoms. The van der Waals surface area contributed by atoms with Crippen molar-refractivity contribution in [2.24, 2.45) is 11.8 Å². The van der Waals surface area contributed by atoms with E-state index in [1.54, 1.807) is 0 Å².